The van der Waals surface area contributed by atoms with Crippen LogP contribution in [0.25, 0.3) is 11.0 Å². The number of benzene rings is 2. The highest BCUT2D eigenvalue weighted by Gasteiger charge is 2.25. The Morgan fingerprint density at radius 1 is 1.34 bits per heavy atom. The first-order chi connectivity index (χ1) is 15.4. The van der Waals surface area contributed by atoms with Gasteiger partial charge in [-0.25, -0.2) is 14.8 Å². The van der Waals surface area contributed by atoms with Gasteiger partial charge in [-0.2, -0.15) is 5.26 Å². The average Bonchev–Trinajstić information content (AvgIpc) is 2.78. The van der Waals surface area contributed by atoms with Crippen molar-refractivity contribution in [3.05, 3.63) is 58.8 Å². The van der Waals surface area contributed by atoms with Gasteiger partial charge in [0.1, 0.15) is 6.07 Å². The van der Waals surface area contributed by atoms with Crippen molar-refractivity contribution in [2.24, 2.45) is 0 Å². The first-order valence-electron chi connectivity index (χ1n) is 10.5. The summed E-state index contributed by atoms with van der Waals surface area (Å²) in [4.78, 5) is 23.2. The fourth-order valence-corrected chi connectivity index (χ4v) is 4.08. The number of hydrogen-bond acceptors (Lipinski definition) is 7. The molecule has 4 rings (SSSR count). The molecule has 32 heavy (non-hydrogen) atoms. The van der Waals surface area contributed by atoms with E-state index in [2.05, 4.69) is 21.3 Å². The zero-order valence-electron chi connectivity index (χ0n) is 18.3. The number of carboxylic acids is 1. The SMILES string of the molecule is Cc1cc([C@@H](C)Nc2ccccc2C(=O)O)c2nc(N3CCOCC3C)c(C#N)nc2c1. The van der Waals surface area contributed by atoms with Crippen molar-refractivity contribution in [2.75, 3.05) is 30.0 Å². The lowest BCUT2D eigenvalue weighted by Crippen LogP contribution is -2.44. The first kappa shape index (κ1) is 21.5. The van der Waals surface area contributed by atoms with Crippen LogP contribution >= 0.6 is 0 Å². The van der Waals surface area contributed by atoms with Crippen molar-refractivity contribution >= 4 is 28.5 Å². The van der Waals surface area contributed by atoms with Crippen molar-refractivity contribution < 1.29 is 14.6 Å². The van der Waals surface area contributed by atoms with E-state index in [1.807, 2.05) is 32.9 Å². The van der Waals surface area contributed by atoms with Gasteiger partial charge in [0.15, 0.2) is 11.5 Å². The predicted octanol–water partition coefficient (Wildman–Crippen LogP) is 3.91. The molecule has 2 heterocycles. The number of para-hydroxylation sites is 1. The number of aryl methyl sites for hydroxylation is 1. The van der Waals surface area contributed by atoms with Crippen LogP contribution in [0.1, 0.15) is 47.1 Å². The zero-order valence-corrected chi connectivity index (χ0v) is 18.3. The van der Waals surface area contributed by atoms with Gasteiger partial charge in [-0.05, 0) is 44.5 Å². The third-order valence-corrected chi connectivity index (χ3v) is 5.67. The summed E-state index contributed by atoms with van der Waals surface area (Å²) >= 11 is 0. The molecule has 1 aliphatic rings. The monoisotopic (exact) mass is 431 g/mol. The highest BCUT2D eigenvalue weighted by atomic mass is 16.5. The van der Waals surface area contributed by atoms with Crippen molar-refractivity contribution in [2.45, 2.75) is 32.9 Å². The Morgan fingerprint density at radius 2 is 2.12 bits per heavy atom. The maximum absolute atomic E-state index is 11.6. The van der Waals surface area contributed by atoms with E-state index in [-0.39, 0.29) is 17.6 Å². The summed E-state index contributed by atoms with van der Waals surface area (Å²) in [6, 6.07) is 12.8. The lowest BCUT2D eigenvalue weighted by Gasteiger charge is -2.34. The van der Waals surface area contributed by atoms with E-state index in [1.165, 1.54) is 0 Å². The van der Waals surface area contributed by atoms with Crippen LogP contribution in [0.3, 0.4) is 0 Å². The molecule has 1 saturated heterocycles. The van der Waals surface area contributed by atoms with Gasteiger partial charge >= 0.3 is 5.97 Å². The number of ether oxygens (including phenoxy) is 1. The first-order valence-corrected chi connectivity index (χ1v) is 10.5. The number of nitrogens with one attached hydrogen (secondary N) is 1. The summed E-state index contributed by atoms with van der Waals surface area (Å²) in [6.07, 6.45) is 0. The van der Waals surface area contributed by atoms with Gasteiger partial charge in [-0.3, -0.25) is 0 Å². The largest absolute Gasteiger partial charge is 0.478 e. The second kappa shape index (κ2) is 8.81. The Balaban J connectivity index is 1.81. The molecule has 2 atom stereocenters. The summed E-state index contributed by atoms with van der Waals surface area (Å²) in [7, 11) is 0. The van der Waals surface area contributed by atoms with E-state index in [0.717, 1.165) is 11.1 Å². The van der Waals surface area contributed by atoms with Gasteiger partial charge < -0.3 is 20.1 Å². The smallest absolute Gasteiger partial charge is 0.337 e. The predicted molar refractivity (Wildman–Crippen MR) is 122 cm³/mol. The Kier molecular flexibility index (Phi) is 5.93. The Morgan fingerprint density at radius 3 is 2.84 bits per heavy atom. The highest BCUT2D eigenvalue weighted by molar-refractivity contribution is 5.94. The lowest BCUT2D eigenvalue weighted by molar-refractivity contribution is 0.0698. The van der Waals surface area contributed by atoms with Crippen molar-refractivity contribution in [3.63, 3.8) is 0 Å². The molecule has 1 fully saturated rings. The molecule has 0 amide bonds. The maximum atomic E-state index is 11.6. The Labute approximate surface area is 186 Å². The molecule has 0 saturated carbocycles. The molecule has 164 valence electrons. The van der Waals surface area contributed by atoms with Gasteiger partial charge in [0, 0.05) is 17.8 Å². The van der Waals surface area contributed by atoms with Gasteiger partial charge in [-0.15, -0.1) is 0 Å². The fourth-order valence-electron chi connectivity index (χ4n) is 4.08. The van der Waals surface area contributed by atoms with Crippen LogP contribution in [0, 0.1) is 18.3 Å². The van der Waals surface area contributed by atoms with E-state index in [9.17, 15) is 15.2 Å². The summed E-state index contributed by atoms with van der Waals surface area (Å²) in [6.45, 7) is 7.73. The number of morpholine rings is 1. The number of carbonyl (C=O) groups is 1. The molecule has 2 N–H and O–H groups in total. The van der Waals surface area contributed by atoms with E-state index >= 15 is 0 Å². The van der Waals surface area contributed by atoms with Gasteiger partial charge in [0.2, 0.25) is 0 Å². The normalized spacial score (nSPS) is 17.1. The van der Waals surface area contributed by atoms with E-state index < -0.39 is 5.97 Å². The average molecular weight is 431 g/mol. The standard InChI is InChI=1S/C24H25N5O3/c1-14-10-18(16(3)26-19-7-5-4-6-17(19)24(30)31)22-20(11-14)27-21(12-25)23(28-22)29-8-9-32-13-15(29)2/h4-7,10-11,15-16,26H,8-9,13H2,1-3H3,(H,30,31)/t15?,16-/m1/s1. The number of aromatic nitrogens is 2. The molecule has 0 aliphatic carbocycles. The number of fused-ring (bicyclic) bond motifs is 1. The van der Waals surface area contributed by atoms with Crippen LogP contribution < -0.4 is 10.2 Å². The molecular formula is C24H25N5O3. The van der Waals surface area contributed by atoms with Crippen molar-refractivity contribution in [3.8, 4) is 6.07 Å². The van der Waals surface area contributed by atoms with Crippen molar-refractivity contribution in [1.82, 2.24) is 9.97 Å². The minimum Gasteiger partial charge on any atom is -0.478 e. The molecule has 3 aromatic rings. The Bertz CT molecular complexity index is 1220. The molecular weight excluding hydrogens is 406 g/mol. The second-order valence-corrected chi connectivity index (χ2v) is 8.06. The molecule has 2 aromatic carbocycles. The second-order valence-electron chi connectivity index (χ2n) is 8.06. The number of carboxylic acid groups (broad SMARTS) is 1. The fraction of sp³-hybridized carbons (Fsp3) is 0.333. The molecule has 1 aliphatic heterocycles. The number of aromatic carboxylic acids is 1. The molecule has 1 aromatic heterocycles. The minimum atomic E-state index is -0.989. The third kappa shape index (κ3) is 4.07. The van der Waals surface area contributed by atoms with Crippen LogP contribution in [0.5, 0.6) is 0 Å². The number of nitrogens with zero attached hydrogens (tertiary/aromatic N) is 4. The molecule has 8 heteroatoms. The van der Waals surface area contributed by atoms with Crippen molar-refractivity contribution in [1.29, 1.82) is 5.26 Å². The molecule has 0 radical (unpaired) electrons. The molecule has 0 spiro atoms. The Hall–Kier alpha value is -3.70. The lowest BCUT2D eigenvalue weighted by atomic mass is 10.0. The highest BCUT2D eigenvalue weighted by Crippen LogP contribution is 2.31. The van der Waals surface area contributed by atoms with Gasteiger partial charge in [0.25, 0.3) is 0 Å². The molecule has 1 unspecified atom stereocenters. The van der Waals surface area contributed by atoms with E-state index in [1.54, 1.807) is 24.3 Å². The summed E-state index contributed by atoms with van der Waals surface area (Å²) in [5, 5.41) is 22.6. The number of hydrogen-bond donors (Lipinski definition) is 2. The topological polar surface area (TPSA) is 111 Å². The van der Waals surface area contributed by atoms with Gasteiger partial charge in [0.05, 0.1) is 41.9 Å². The van der Waals surface area contributed by atoms with Crippen LogP contribution in [-0.4, -0.2) is 46.8 Å². The number of anilines is 2. The summed E-state index contributed by atoms with van der Waals surface area (Å²) in [5.41, 5.74) is 4.23. The minimum absolute atomic E-state index is 0.0782. The molecule has 0 bridgehead atoms. The van der Waals surface area contributed by atoms with Crippen LogP contribution in [0.15, 0.2) is 36.4 Å². The quantitative estimate of drug-likeness (QED) is 0.626. The van der Waals surface area contributed by atoms with E-state index in [0.29, 0.717) is 48.0 Å². The number of nitriles is 1. The van der Waals surface area contributed by atoms with Crippen LogP contribution in [-0.2, 0) is 4.74 Å². The summed E-state index contributed by atoms with van der Waals surface area (Å²) in [5.74, 6) is -0.435. The van der Waals surface area contributed by atoms with E-state index in [4.69, 9.17) is 9.72 Å². The number of rotatable bonds is 5. The third-order valence-electron chi connectivity index (χ3n) is 5.67. The van der Waals surface area contributed by atoms with Crippen LogP contribution in [0.4, 0.5) is 11.5 Å². The zero-order chi connectivity index (χ0) is 22.8. The maximum Gasteiger partial charge on any atom is 0.337 e. The van der Waals surface area contributed by atoms with Crippen LogP contribution in [0.2, 0.25) is 0 Å². The molecule has 8 nitrogen and oxygen atoms in total. The van der Waals surface area contributed by atoms with Gasteiger partial charge in [-0.1, -0.05) is 18.2 Å². The summed E-state index contributed by atoms with van der Waals surface area (Å²) < 4.78 is 5.54.